The Morgan fingerprint density at radius 3 is 2.58 bits per heavy atom. The summed E-state index contributed by atoms with van der Waals surface area (Å²) in [6.45, 7) is 6.74. The number of nitrogens with zero attached hydrogens (tertiary/aromatic N) is 2. The number of piperidine rings is 3. The second-order valence-corrected chi connectivity index (χ2v) is 10.8. The lowest BCUT2D eigenvalue weighted by Crippen LogP contribution is -2.47. The Labute approximate surface area is 219 Å². The Kier molecular flexibility index (Phi) is 9.51. The minimum Gasteiger partial charge on any atom is -0.496 e. The van der Waals surface area contributed by atoms with Gasteiger partial charge in [-0.1, -0.05) is 17.7 Å². The monoisotopic (exact) mass is 517 g/mol. The van der Waals surface area contributed by atoms with Crippen molar-refractivity contribution in [1.82, 2.24) is 20.4 Å². The van der Waals surface area contributed by atoms with E-state index < -0.39 is 0 Å². The molecule has 8 nitrogen and oxygen atoms in total. The highest BCUT2D eigenvalue weighted by atomic mass is 35.5. The molecule has 0 saturated carbocycles. The third-order valence-corrected chi connectivity index (χ3v) is 8.10. The summed E-state index contributed by atoms with van der Waals surface area (Å²) in [4.78, 5) is 29.9. The fraction of sp³-hybridized carbons (Fsp3) is 0.630. The van der Waals surface area contributed by atoms with E-state index in [2.05, 4.69) is 21.6 Å². The molecule has 4 N–H and O–H groups in total. The summed E-state index contributed by atoms with van der Waals surface area (Å²) in [5.41, 5.74) is 6.63. The number of nitrogens with two attached hydrogens (primary N) is 1. The maximum absolute atomic E-state index is 12.8. The standard InChI is InChI=1S/C27H40ClN5O3/c1-36-25-16-24(29)23(28)15-22(25)27(35)31-21-8-11-32(12-9-21)18-20-6-13-33(14-7-20)26(34)5-4-19-3-2-10-30-17-19/h4-5,15-16,19-21,30H,2-3,6-14,17-18,29H2,1H3,(H,31,35)/b5-4+. The Morgan fingerprint density at radius 1 is 1.17 bits per heavy atom. The van der Waals surface area contributed by atoms with Gasteiger partial charge in [-0.05, 0) is 69.0 Å². The predicted octanol–water partition coefficient (Wildman–Crippen LogP) is 2.92. The van der Waals surface area contributed by atoms with Crippen molar-refractivity contribution in [2.24, 2.45) is 11.8 Å². The highest BCUT2D eigenvalue weighted by Crippen LogP contribution is 2.29. The molecular formula is C27H40ClN5O3. The van der Waals surface area contributed by atoms with Gasteiger partial charge >= 0.3 is 0 Å². The molecule has 36 heavy (non-hydrogen) atoms. The molecule has 3 aliphatic rings. The fourth-order valence-corrected chi connectivity index (χ4v) is 5.67. The van der Waals surface area contributed by atoms with Crippen LogP contribution in [-0.4, -0.2) is 80.6 Å². The molecule has 0 spiro atoms. The first-order chi connectivity index (χ1) is 17.4. The van der Waals surface area contributed by atoms with Crippen LogP contribution in [0.5, 0.6) is 5.75 Å². The third kappa shape index (κ3) is 7.14. The van der Waals surface area contributed by atoms with Crippen LogP contribution in [0.4, 0.5) is 5.69 Å². The van der Waals surface area contributed by atoms with Gasteiger partial charge in [0.15, 0.2) is 0 Å². The number of methoxy groups -OCH3 is 1. The molecule has 3 aliphatic heterocycles. The summed E-state index contributed by atoms with van der Waals surface area (Å²) in [5, 5.41) is 6.88. The fourth-order valence-electron chi connectivity index (χ4n) is 5.51. The molecular weight excluding hydrogens is 478 g/mol. The molecule has 198 valence electrons. The van der Waals surface area contributed by atoms with Gasteiger partial charge in [0, 0.05) is 51.4 Å². The molecule has 1 atom stereocenters. The molecule has 1 aromatic rings. The maximum Gasteiger partial charge on any atom is 0.255 e. The van der Waals surface area contributed by atoms with E-state index >= 15 is 0 Å². The number of carbonyl (C=O) groups excluding carboxylic acids is 2. The SMILES string of the molecule is COc1cc(N)c(Cl)cc1C(=O)NC1CCN(CC2CCN(C(=O)/C=C/C3CCCNC3)CC2)CC1. The number of benzene rings is 1. The number of nitrogens with one attached hydrogen (secondary N) is 2. The first-order valence-corrected chi connectivity index (χ1v) is 13.6. The number of likely N-dealkylation sites (tertiary alicyclic amines) is 2. The normalized spacial score (nSPS) is 22.6. The van der Waals surface area contributed by atoms with Gasteiger partial charge in [0.25, 0.3) is 5.91 Å². The largest absolute Gasteiger partial charge is 0.496 e. The van der Waals surface area contributed by atoms with Crippen LogP contribution in [0.2, 0.25) is 5.02 Å². The molecule has 9 heteroatoms. The Balaban J connectivity index is 1.17. The van der Waals surface area contributed by atoms with Crippen LogP contribution in [0.25, 0.3) is 0 Å². The third-order valence-electron chi connectivity index (χ3n) is 7.77. The first kappa shape index (κ1) is 26.8. The van der Waals surface area contributed by atoms with Gasteiger partial charge in [-0.2, -0.15) is 0 Å². The van der Waals surface area contributed by atoms with Crippen molar-refractivity contribution in [1.29, 1.82) is 0 Å². The van der Waals surface area contributed by atoms with Gasteiger partial charge in [0.1, 0.15) is 5.75 Å². The molecule has 4 rings (SSSR count). The van der Waals surface area contributed by atoms with Crippen LogP contribution in [0, 0.1) is 11.8 Å². The van der Waals surface area contributed by atoms with Crippen molar-refractivity contribution in [3.8, 4) is 5.75 Å². The van der Waals surface area contributed by atoms with Crippen LogP contribution in [0.15, 0.2) is 24.3 Å². The average molecular weight is 518 g/mol. The lowest BCUT2D eigenvalue weighted by Gasteiger charge is -2.37. The Bertz CT molecular complexity index is 934. The number of ether oxygens (including phenoxy) is 1. The van der Waals surface area contributed by atoms with Crippen molar-refractivity contribution in [3.05, 3.63) is 34.9 Å². The van der Waals surface area contributed by atoms with Crippen LogP contribution in [0.3, 0.4) is 0 Å². The van der Waals surface area contributed by atoms with Gasteiger partial charge in [-0.3, -0.25) is 9.59 Å². The zero-order valence-corrected chi connectivity index (χ0v) is 22.1. The van der Waals surface area contributed by atoms with E-state index in [1.807, 2.05) is 4.90 Å². The van der Waals surface area contributed by atoms with Gasteiger partial charge in [-0.25, -0.2) is 0 Å². The number of anilines is 1. The van der Waals surface area contributed by atoms with E-state index in [0.717, 1.165) is 71.5 Å². The van der Waals surface area contributed by atoms with Crippen molar-refractivity contribution in [2.75, 3.05) is 58.7 Å². The number of hydrogen-bond acceptors (Lipinski definition) is 6. The minimum absolute atomic E-state index is 0.125. The van der Waals surface area contributed by atoms with Crippen molar-refractivity contribution >= 4 is 29.1 Å². The van der Waals surface area contributed by atoms with Gasteiger partial charge in [0.05, 0.1) is 23.4 Å². The van der Waals surface area contributed by atoms with E-state index in [-0.39, 0.29) is 17.9 Å². The lowest BCUT2D eigenvalue weighted by atomic mass is 9.94. The maximum atomic E-state index is 12.8. The highest BCUT2D eigenvalue weighted by molar-refractivity contribution is 6.33. The minimum atomic E-state index is -0.182. The number of carbonyl (C=O) groups is 2. The Morgan fingerprint density at radius 2 is 1.92 bits per heavy atom. The zero-order chi connectivity index (χ0) is 25.5. The summed E-state index contributed by atoms with van der Waals surface area (Å²) in [6, 6.07) is 3.28. The van der Waals surface area contributed by atoms with E-state index in [0.29, 0.717) is 33.9 Å². The van der Waals surface area contributed by atoms with Gasteiger partial charge in [0.2, 0.25) is 5.91 Å². The number of amides is 2. The van der Waals surface area contributed by atoms with Crippen LogP contribution in [0.1, 0.15) is 48.9 Å². The number of hydrogen-bond donors (Lipinski definition) is 3. The molecule has 3 heterocycles. The highest BCUT2D eigenvalue weighted by Gasteiger charge is 2.27. The topological polar surface area (TPSA) is 99.9 Å². The number of nitrogen functional groups attached to an aromatic ring is 1. The predicted molar refractivity (Wildman–Crippen MR) is 143 cm³/mol. The van der Waals surface area contributed by atoms with Crippen molar-refractivity contribution in [3.63, 3.8) is 0 Å². The number of halogens is 1. The summed E-state index contributed by atoms with van der Waals surface area (Å²) < 4.78 is 5.32. The summed E-state index contributed by atoms with van der Waals surface area (Å²) in [5.74, 6) is 1.51. The van der Waals surface area contributed by atoms with E-state index in [1.165, 1.54) is 20.0 Å². The molecule has 0 aliphatic carbocycles. The summed E-state index contributed by atoms with van der Waals surface area (Å²) >= 11 is 6.12. The molecule has 1 unspecified atom stereocenters. The quantitative estimate of drug-likeness (QED) is 0.380. The van der Waals surface area contributed by atoms with Crippen LogP contribution in [-0.2, 0) is 4.79 Å². The zero-order valence-electron chi connectivity index (χ0n) is 21.3. The molecule has 2 amide bonds. The van der Waals surface area contributed by atoms with Gasteiger partial charge < -0.3 is 30.9 Å². The first-order valence-electron chi connectivity index (χ1n) is 13.3. The molecule has 0 aromatic heterocycles. The van der Waals surface area contributed by atoms with Crippen molar-refractivity contribution in [2.45, 2.75) is 44.6 Å². The Hall–Kier alpha value is -2.29. The number of rotatable bonds is 7. The van der Waals surface area contributed by atoms with Crippen LogP contribution >= 0.6 is 11.6 Å². The van der Waals surface area contributed by atoms with E-state index in [4.69, 9.17) is 22.1 Å². The average Bonchev–Trinajstić information content (AvgIpc) is 2.90. The van der Waals surface area contributed by atoms with Crippen LogP contribution < -0.4 is 21.1 Å². The van der Waals surface area contributed by atoms with Gasteiger partial charge in [-0.15, -0.1) is 0 Å². The molecule has 0 bridgehead atoms. The smallest absolute Gasteiger partial charge is 0.255 e. The van der Waals surface area contributed by atoms with Crippen molar-refractivity contribution < 1.29 is 14.3 Å². The molecule has 3 fully saturated rings. The van der Waals surface area contributed by atoms with E-state index in [1.54, 1.807) is 18.2 Å². The molecule has 3 saturated heterocycles. The molecule has 1 aromatic carbocycles. The lowest BCUT2D eigenvalue weighted by molar-refractivity contribution is -0.127. The second kappa shape index (κ2) is 12.8. The van der Waals surface area contributed by atoms with E-state index in [9.17, 15) is 9.59 Å². The second-order valence-electron chi connectivity index (χ2n) is 10.4. The summed E-state index contributed by atoms with van der Waals surface area (Å²) in [6.07, 6.45) is 10.2. The summed E-state index contributed by atoms with van der Waals surface area (Å²) in [7, 11) is 1.52. The molecule has 0 radical (unpaired) electrons.